The summed E-state index contributed by atoms with van der Waals surface area (Å²) in [5, 5.41) is 22.0. The highest BCUT2D eigenvalue weighted by molar-refractivity contribution is 7.14. The first-order valence-electron chi connectivity index (χ1n) is 7.60. The first-order chi connectivity index (χ1) is 12.0. The van der Waals surface area contributed by atoms with Crippen LogP contribution < -0.4 is 5.32 Å². The molecule has 9 nitrogen and oxygen atoms in total. The summed E-state index contributed by atoms with van der Waals surface area (Å²) >= 11 is 1.34. The zero-order valence-electron chi connectivity index (χ0n) is 13.4. The number of rotatable bonds is 7. The zero-order valence-corrected chi connectivity index (χ0v) is 14.2. The Balaban J connectivity index is 1.55. The third kappa shape index (κ3) is 4.10. The van der Waals surface area contributed by atoms with E-state index in [9.17, 15) is 9.59 Å². The molecule has 0 bridgehead atoms. The maximum atomic E-state index is 12.0. The molecule has 3 rings (SSSR count). The molecule has 0 unspecified atom stereocenters. The summed E-state index contributed by atoms with van der Waals surface area (Å²) < 4.78 is 3.23. The van der Waals surface area contributed by atoms with E-state index in [2.05, 4.69) is 20.5 Å². The van der Waals surface area contributed by atoms with Crippen LogP contribution in [-0.4, -0.2) is 41.5 Å². The predicted octanol–water partition coefficient (Wildman–Crippen LogP) is 1.95. The maximum Gasteiger partial charge on any atom is 0.356 e. The molecular weight excluding hydrogens is 344 g/mol. The monoisotopic (exact) mass is 360 g/mol. The third-order valence-corrected chi connectivity index (χ3v) is 4.19. The number of carboxylic acids is 1. The van der Waals surface area contributed by atoms with Gasteiger partial charge >= 0.3 is 5.97 Å². The van der Waals surface area contributed by atoms with Crippen LogP contribution in [0.4, 0.5) is 5.13 Å². The number of hydrogen-bond acceptors (Lipinski definition) is 6. The normalized spacial score (nSPS) is 10.8. The van der Waals surface area contributed by atoms with E-state index in [1.54, 1.807) is 6.20 Å². The summed E-state index contributed by atoms with van der Waals surface area (Å²) in [6.07, 6.45) is 5.34. The number of carboxylic acid groups (broad SMARTS) is 1. The summed E-state index contributed by atoms with van der Waals surface area (Å²) in [5.41, 5.74) is 1.62. The largest absolute Gasteiger partial charge is 0.476 e. The van der Waals surface area contributed by atoms with Gasteiger partial charge in [0.2, 0.25) is 5.91 Å². The molecule has 3 aromatic heterocycles. The van der Waals surface area contributed by atoms with E-state index in [4.69, 9.17) is 5.11 Å². The van der Waals surface area contributed by atoms with Gasteiger partial charge in [0.05, 0.1) is 11.9 Å². The Morgan fingerprint density at radius 2 is 2.20 bits per heavy atom. The minimum absolute atomic E-state index is 0.0439. The fraction of sp³-hybridized carbons (Fsp3) is 0.267. The summed E-state index contributed by atoms with van der Waals surface area (Å²) in [7, 11) is 0. The number of aromatic carboxylic acids is 1. The molecule has 0 aromatic carbocycles. The predicted molar refractivity (Wildman–Crippen MR) is 91.4 cm³/mol. The number of thiazole rings is 1. The summed E-state index contributed by atoms with van der Waals surface area (Å²) in [6, 6.07) is 1.39. The van der Waals surface area contributed by atoms with Gasteiger partial charge in [-0.2, -0.15) is 10.2 Å². The molecule has 1 amide bonds. The Bertz CT molecular complexity index is 897. The topological polar surface area (TPSA) is 115 Å². The second-order valence-corrected chi connectivity index (χ2v) is 6.05. The number of carbonyl (C=O) groups is 2. The quantitative estimate of drug-likeness (QED) is 0.665. The molecule has 3 aromatic rings. The van der Waals surface area contributed by atoms with Crippen LogP contribution in [0.2, 0.25) is 0 Å². The summed E-state index contributed by atoms with van der Waals surface area (Å²) in [5.74, 6) is -1.30. The Labute approximate surface area is 146 Å². The van der Waals surface area contributed by atoms with E-state index in [1.807, 2.05) is 23.2 Å². The lowest BCUT2D eigenvalue weighted by Gasteiger charge is -2.02. The van der Waals surface area contributed by atoms with Gasteiger partial charge in [-0.15, -0.1) is 11.3 Å². The van der Waals surface area contributed by atoms with Crippen LogP contribution >= 0.6 is 11.3 Å². The minimum Gasteiger partial charge on any atom is -0.476 e. The van der Waals surface area contributed by atoms with E-state index in [0.29, 0.717) is 11.7 Å². The van der Waals surface area contributed by atoms with Gasteiger partial charge in [0, 0.05) is 42.8 Å². The molecule has 0 aliphatic rings. The Hall–Kier alpha value is -3.01. The third-order valence-electron chi connectivity index (χ3n) is 3.43. The molecule has 0 aliphatic carbocycles. The van der Waals surface area contributed by atoms with Crippen molar-refractivity contribution in [1.29, 1.82) is 0 Å². The van der Waals surface area contributed by atoms with Crippen LogP contribution in [0.15, 0.2) is 30.0 Å². The van der Waals surface area contributed by atoms with Crippen LogP contribution in [0, 0.1) is 0 Å². The molecule has 3 heterocycles. The van der Waals surface area contributed by atoms with Crippen molar-refractivity contribution in [1.82, 2.24) is 24.5 Å². The number of aromatic nitrogens is 5. The lowest BCUT2D eigenvalue weighted by molar-refractivity contribution is -0.116. The smallest absolute Gasteiger partial charge is 0.356 e. The van der Waals surface area contributed by atoms with Gasteiger partial charge < -0.3 is 10.4 Å². The molecule has 0 atom stereocenters. The second kappa shape index (κ2) is 7.26. The molecule has 25 heavy (non-hydrogen) atoms. The number of anilines is 1. The van der Waals surface area contributed by atoms with Crippen LogP contribution in [-0.2, 0) is 17.9 Å². The number of amides is 1. The molecule has 130 valence electrons. The van der Waals surface area contributed by atoms with Gasteiger partial charge in [-0.1, -0.05) is 0 Å². The van der Waals surface area contributed by atoms with Gasteiger partial charge in [0.15, 0.2) is 10.8 Å². The Morgan fingerprint density at radius 1 is 1.36 bits per heavy atom. The SMILES string of the molecule is CCn1cc(-c2csc(NC(=O)CCn3ccc(C(=O)O)n3)n2)cn1. The zero-order chi connectivity index (χ0) is 17.8. The van der Waals surface area contributed by atoms with Crippen molar-refractivity contribution in [2.45, 2.75) is 26.4 Å². The lowest BCUT2D eigenvalue weighted by atomic mass is 10.3. The second-order valence-electron chi connectivity index (χ2n) is 5.19. The van der Waals surface area contributed by atoms with Crippen LogP contribution in [0.1, 0.15) is 23.8 Å². The highest BCUT2D eigenvalue weighted by Gasteiger charge is 2.11. The van der Waals surface area contributed by atoms with Crippen LogP contribution in [0.3, 0.4) is 0 Å². The average molecular weight is 360 g/mol. The van der Waals surface area contributed by atoms with Crippen LogP contribution in [0.5, 0.6) is 0 Å². The maximum absolute atomic E-state index is 12.0. The molecule has 0 saturated heterocycles. The van der Waals surface area contributed by atoms with E-state index in [1.165, 1.54) is 28.3 Å². The first kappa shape index (κ1) is 16.8. The van der Waals surface area contributed by atoms with Crippen molar-refractivity contribution in [2.75, 3.05) is 5.32 Å². The van der Waals surface area contributed by atoms with E-state index in [0.717, 1.165) is 17.8 Å². The van der Waals surface area contributed by atoms with Crippen molar-refractivity contribution < 1.29 is 14.7 Å². The van der Waals surface area contributed by atoms with Gasteiger partial charge in [0.1, 0.15) is 0 Å². The van der Waals surface area contributed by atoms with E-state index < -0.39 is 5.97 Å². The van der Waals surface area contributed by atoms with Crippen molar-refractivity contribution in [3.8, 4) is 11.3 Å². The number of carbonyl (C=O) groups excluding carboxylic acids is 1. The summed E-state index contributed by atoms with van der Waals surface area (Å²) in [6.45, 7) is 3.08. The molecule has 0 spiro atoms. The van der Waals surface area contributed by atoms with Crippen molar-refractivity contribution in [2.24, 2.45) is 0 Å². The van der Waals surface area contributed by atoms with E-state index in [-0.39, 0.29) is 18.0 Å². The number of nitrogens with one attached hydrogen (secondary N) is 1. The van der Waals surface area contributed by atoms with Crippen molar-refractivity contribution in [3.05, 3.63) is 35.7 Å². The number of nitrogens with zero attached hydrogens (tertiary/aromatic N) is 5. The van der Waals surface area contributed by atoms with Crippen molar-refractivity contribution in [3.63, 3.8) is 0 Å². The van der Waals surface area contributed by atoms with Gasteiger partial charge in [-0.3, -0.25) is 14.2 Å². The fourth-order valence-corrected chi connectivity index (χ4v) is 2.87. The number of hydrogen-bond donors (Lipinski definition) is 2. The molecule has 0 saturated carbocycles. The highest BCUT2D eigenvalue weighted by atomic mass is 32.1. The molecule has 0 fully saturated rings. The van der Waals surface area contributed by atoms with Gasteiger partial charge in [-0.05, 0) is 13.0 Å². The summed E-state index contributed by atoms with van der Waals surface area (Å²) in [4.78, 5) is 27.2. The molecule has 10 heteroatoms. The molecule has 0 aliphatic heterocycles. The van der Waals surface area contributed by atoms with Gasteiger partial charge in [-0.25, -0.2) is 9.78 Å². The van der Waals surface area contributed by atoms with Crippen molar-refractivity contribution >= 4 is 28.3 Å². The molecular formula is C15H16N6O3S. The minimum atomic E-state index is -1.09. The van der Waals surface area contributed by atoms with Crippen LogP contribution in [0.25, 0.3) is 11.3 Å². The lowest BCUT2D eigenvalue weighted by Crippen LogP contribution is -2.15. The fourth-order valence-electron chi connectivity index (χ4n) is 2.13. The first-order valence-corrected chi connectivity index (χ1v) is 8.48. The highest BCUT2D eigenvalue weighted by Crippen LogP contribution is 2.24. The molecule has 2 N–H and O–H groups in total. The molecule has 0 radical (unpaired) electrons. The van der Waals surface area contributed by atoms with Gasteiger partial charge in [0.25, 0.3) is 0 Å². The van der Waals surface area contributed by atoms with E-state index >= 15 is 0 Å². The Morgan fingerprint density at radius 3 is 2.88 bits per heavy atom. The average Bonchev–Trinajstić information content (AvgIpc) is 3.32. The Kier molecular flexibility index (Phi) is 4.89. The number of aryl methyl sites for hydroxylation is 2. The standard InChI is InChI=1S/C15H16N6O3S/c1-2-20-8-10(7-16-20)12-9-25-15(17-12)18-13(22)4-6-21-5-3-11(19-21)14(23)24/h3,5,7-9H,2,4,6H2,1H3,(H,23,24)(H,17,18,22).